The zero-order valence-corrected chi connectivity index (χ0v) is 20.0. The third-order valence-corrected chi connectivity index (χ3v) is 6.06. The highest BCUT2D eigenvalue weighted by atomic mass is 16.5. The Hall–Kier alpha value is -3.35. The molecule has 0 heterocycles. The highest BCUT2D eigenvalue weighted by Crippen LogP contribution is 2.44. The van der Waals surface area contributed by atoms with Crippen molar-refractivity contribution >= 4 is 18.0 Å². The normalized spacial score (nSPS) is 14.1. The number of hydrogen-bond acceptors (Lipinski definition) is 4. The molecule has 0 saturated heterocycles. The molecule has 1 aliphatic carbocycles. The number of carbonyl (C=O) groups is 3. The molecule has 0 unspecified atom stereocenters. The van der Waals surface area contributed by atoms with Gasteiger partial charge in [-0.1, -0.05) is 75.7 Å². The number of carboxylic acids is 1. The number of ether oxygens (including phenoxy) is 1. The lowest BCUT2D eigenvalue weighted by atomic mass is 9.98. The number of amides is 2. The van der Waals surface area contributed by atoms with Gasteiger partial charge in [0.05, 0.1) is 6.42 Å². The molecule has 0 bridgehead atoms. The van der Waals surface area contributed by atoms with Crippen LogP contribution in [0.4, 0.5) is 4.79 Å². The minimum atomic E-state index is -0.969. The van der Waals surface area contributed by atoms with Crippen molar-refractivity contribution in [2.24, 2.45) is 5.92 Å². The summed E-state index contributed by atoms with van der Waals surface area (Å²) in [5.74, 6) is -1.28. The molecule has 0 aliphatic heterocycles. The van der Waals surface area contributed by atoms with Crippen LogP contribution in [0, 0.1) is 5.92 Å². The Bertz CT molecular complexity index is 974. The summed E-state index contributed by atoms with van der Waals surface area (Å²) in [5.41, 5.74) is 4.52. The van der Waals surface area contributed by atoms with Gasteiger partial charge in [-0.05, 0) is 41.0 Å². The van der Waals surface area contributed by atoms with Crippen LogP contribution < -0.4 is 10.6 Å². The maximum atomic E-state index is 12.9. The van der Waals surface area contributed by atoms with Gasteiger partial charge < -0.3 is 20.5 Å². The van der Waals surface area contributed by atoms with Gasteiger partial charge in [0.1, 0.15) is 12.6 Å². The largest absolute Gasteiger partial charge is 0.481 e. The Morgan fingerprint density at radius 3 is 2.09 bits per heavy atom. The van der Waals surface area contributed by atoms with E-state index in [4.69, 9.17) is 9.84 Å². The maximum absolute atomic E-state index is 12.9. The molecule has 0 saturated carbocycles. The van der Waals surface area contributed by atoms with E-state index in [0.717, 1.165) is 28.7 Å². The molecule has 0 fully saturated rings. The van der Waals surface area contributed by atoms with Crippen molar-refractivity contribution in [3.05, 3.63) is 59.7 Å². The number of carboxylic acid groups (broad SMARTS) is 1. The Morgan fingerprint density at radius 2 is 1.56 bits per heavy atom. The topological polar surface area (TPSA) is 105 Å². The van der Waals surface area contributed by atoms with Gasteiger partial charge in [-0.2, -0.15) is 0 Å². The van der Waals surface area contributed by atoms with E-state index in [1.807, 2.05) is 57.2 Å². The minimum absolute atomic E-state index is 0.0694. The van der Waals surface area contributed by atoms with Gasteiger partial charge in [0.25, 0.3) is 0 Å². The first kappa shape index (κ1) is 25.3. The van der Waals surface area contributed by atoms with Crippen LogP contribution >= 0.6 is 0 Å². The van der Waals surface area contributed by atoms with Crippen LogP contribution in [0.25, 0.3) is 11.1 Å². The van der Waals surface area contributed by atoms with Crippen molar-refractivity contribution in [1.82, 2.24) is 10.6 Å². The molecule has 0 spiro atoms. The van der Waals surface area contributed by atoms with Gasteiger partial charge in [0.15, 0.2) is 0 Å². The second kappa shape index (κ2) is 11.7. The Labute approximate surface area is 200 Å². The minimum Gasteiger partial charge on any atom is -0.481 e. The van der Waals surface area contributed by atoms with E-state index in [-0.39, 0.29) is 30.8 Å². The Morgan fingerprint density at radius 1 is 0.971 bits per heavy atom. The molecule has 7 heteroatoms. The van der Waals surface area contributed by atoms with E-state index in [1.54, 1.807) is 0 Å². The first-order valence-corrected chi connectivity index (χ1v) is 11.9. The van der Waals surface area contributed by atoms with Crippen LogP contribution in [0.5, 0.6) is 0 Å². The summed E-state index contributed by atoms with van der Waals surface area (Å²) < 4.78 is 5.59. The summed E-state index contributed by atoms with van der Waals surface area (Å²) in [6.45, 7) is 6.01. The van der Waals surface area contributed by atoms with E-state index in [0.29, 0.717) is 12.8 Å². The van der Waals surface area contributed by atoms with Crippen LogP contribution in [0.3, 0.4) is 0 Å². The lowest BCUT2D eigenvalue weighted by Crippen LogP contribution is -2.50. The maximum Gasteiger partial charge on any atom is 0.407 e. The summed E-state index contributed by atoms with van der Waals surface area (Å²) in [6, 6.07) is 14.9. The quantitative estimate of drug-likeness (QED) is 0.445. The molecule has 7 nitrogen and oxygen atoms in total. The number of nitrogens with one attached hydrogen (secondary N) is 2. The van der Waals surface area contributed by atoms with Gasteiger partial charge in [-0.3, -0.25) is 9.59 Å². The van der Waals surface area contributed by atoms with E-state index >= 15 is 0 Å². The van der Waals surface area contributed by atoms with E-state index in [2.05, 4.69) is 22.8 Å². The number of fused-ring (bicyclic) bond motifs is 3. The lowest BCUT2D eigenvalue weighted by Gasteiger charge is -2.24. The zero-order chi connectivity index (χ0) is 24.7. The van der Waals surface area contributed by atoms with E-state index < -0.39 is 24.1 Å². The number of aliphatic carboxylic acids is 1. The van der Waals surface area contributed by atoms with Gasteiger partial charge in [0.2, 0.25) is 5.91 Å². The van der Waals surface area contributed by atoms with Crippen LogP contribution in [0.2, 0.25) is 0 Å². The fraction of sp³-hybridized carbons (Fsp3) is 0.444. The summed E-state index contributed by atoms with van der Waals surface area (Å²) >= 11 is 0. The number of alkyl carbamates (subject to hydrolysis) is 1. The molecule has 3 rings (SSSR count). The molecule has 3 N–H and O–H groups in total. The van der Waals surface area contributed by atoms with Gasteiger partial charge in [0, 0.05) is 12.0 Å². The molecule has 1 aliphatic rings. The van der Waals surface area contributed by atoms with Crippen LogP contribution in [0.1, 0.15) is 63.5 Å². The highest BCUT2D eigenvalue weighted by Gasteiger charge is 2.30. The van der Waals surface area contributed by atoms with Crippen molar-refractivity contribution in [2.75, 3.05) is 6.61 Å². The van der Waals surface area contributed by atoms with Gasteiger partial charge in [-0.25, -0.2) is 4.79 Å². The Balaban J connectivity index is 1.65. The van der Waals surface area contributed by atoms with Crippen molar-refractivity contribution in [3.63, 3.8) is 0 Å². The second-order valence-electron chi connectivity index (χ2n) is 9.24. The monoisotopic (exact) mass is 466 g/mol. The summed E-state index contributed by atoms with van der Waals surface area (Å²) in [4.78, 5) is 36.7. The second-order valence-corrected chi connectivity index (χ2v) is 9.24. The third-order valence-electron chi connectivity index (χ3n) is 6.06. The SMILES string of the molecule is CCC[C@@H](CC(=O)O)NC(=O)[C@H](CC(C)C)NC(=O)OCC1c2ccccc2-c2ccccc21. The number of hydrogen-bond donors (Lipinski definition) is 3. The smallest absolute Gasteiger partial charge is 0.407 e. The molecule has 0 aromatic heterocycles. The first-order valence-electron chi connectivity index (χ1n) is 11.9. The van der Waals surface area contributed by atoms with E-state index in [9.17, 15) is 14.4 Å². The van der Waals surface area contributed by atoms with Gasteiger partial charge in [-0.15, -0.1) is 0 Å². The molecule has 34 heavy (non-hydrogen) atoms. The van der Waals surface area contributed by atoms with Crippen LogP contribution in [-0.4, -0.2) is 41.8 Å². The predicted molar refractivity (Wildman–Crippen MR) is 131 cm³/mol. The number of carbonyl (C=O) groups excluding carboxylic acids is 2. The lowest BCUT2D eigenvalue weighted by molar-refractivity contribution is -0.137. The standard InChI is InChI=1S/C27H34N2O5/c1-4-9-18(15-25(30)31)28-26(32)24(14-17(2)3)29-27(33)34-16-23-21-12-7-5-10-19(21)20-11-6-8-13-22(20)23/h5-8,10-13,17-18,23-24H,4,9,14-16H2,1-3H3,(H,28,32)(H,29,33)(H,30,31)/t18-,24-/m0/s1. The first-order chi connectivity index (χ1) is 16.3. The van der Waals surface area contributed by atoms with Crippen molar-refractivity contribution in [1.29, 1.82) is 0 Å². The van der Waals surface area contributed by atoms with Crippen LogP contribution in [0.15, 0.2) is 48.5 Å². The van der Waals surface area contributed by atoms with Crippen molar-refractivity contribution in [2.45, 2.75) is 64.5 Å². The molecule has 2 aromatic rings. The molecule has 0 radical (unpaired) electrons. The summed E-state index contributed by atoms with van der Waals surface area (Å²) in [5, 5.41) is 14.6. The van der Waals surface area contributed by atoms with Crippen molar-refractivity contribution < 1.29 is 24.2 Å². The fourth-order valence-electron chi connectivity index (χ4n) is 4.57. The number of benzene rings is 2. The summed E-state index contributed by atoms with van der Waals surface area (Å²) in [7, 11) is 0. The van der Waals surface area contributed by atoms with Crippen LogP contribution in [-0.2, 0) is 14.3 Å². The summed E-state index contributed by atoms with van der Waals surface area (Å²) in [6.07, 6.45) is 0.901. The zero-order valence-electron chi connectivity index (χ0n) is 20.0. The van der Waals surface area contributed by atoms with E-state index in [1.165, 1.54) is 0 Å². The fourth-order valence-corrected chi connectivity index (χ4v) is 4.57. The molecule has 2 amide bonds. The number of rotatable bonds is 11. The van der Waals surface area contributed by atoms with Crippen molar-refractivity contribution in [3.8, 4) is 11.1 Å². The molecule has 2 atom stereocenters. The molecular formula is C27H34N2O5. The molecule has 182 valence electrons. The average molecular weight is 467 g/mol. The highest BCUT2D eigenvalue weighted by molar-refractivity contribution is 5.86. The Kier molecular flexibility index (Phi) is 8.68. The molecule has 2 aromatic carbocycles. The molecular weight excluding hydrogens is 432 g/mol. The predicted octanol–water partition coefficient (Wildman–Crippen LogP) is 4.70. The van der Waals surface area contributed by atoms with Gasteiger partial charge >= 0.3 is 12.1 Å². The third kappa shape index (κ3) is 6.37. The average Bonchev–Trinajstić information content (AvgIpc) is 3.10.